The maximum absolute atomic E-state index is 12.3. The molecule has 21 heavy (non-hydrogen) atoms. The van der Waals surface area contributed by atoms with Gasteiger partial charge in [-0.3, -0.25) is 4.79 Å². The fourth-order valence-corrected chi connectivity index (χ4v) is 2.13. The summed E-state index contributed by atoms with van der Waals surface area (Å²) in [5, 5.41) is 3.03. The zero-order valence-corrected chi connectivity index (χ0v) is 13.1. The molecule has 0 heterocycles. The lowest BCUT2D eigenvalue weighted by Gasteiger charge is -2.16. The van der Waals surface area contributed by atoms with E-state index in [1.165, 1.54) is 5.56 Å². The van der Waals surface area contributed by atoms with Crippen LogP contribution in [0.2, 0.25) is 0 Å². The quantitative estimate of drug-likeness (QED) is 0.930. The Bertz CT molecular complexity index is 600. The highest BCUT2D eigenvalue weighted by Crippen LogP contribution is 2.16. The third-order valence-electron chi connectivity index (χ3n) is 3.57. The summed E-state index contributed by atoms with van der Waals surface area (Å²) < 4.78 is 0. The fraction of sp³-hybridized carbons (Fsp3) is 0.278. The van der Waals surface area contributed by atoms with Crippen LogP contribution in [0.4, 0.5) is 5.69 Å². The van der Waals surface area contributed by atoms with E-state index in [9.17, 15) is 4.79 Å². The van der Waals surface area contributed by atoms with Crippen molar-refractivity contribution in [2.45, 2.75) is 19.9 Å². The third kappa shape index (κ3) is 3.85. The molecule has 0 spiro atoms. The smallest absolute Gasteiger partial charge is 0.251 e. The first-order chi connectivity index (χ1) is 9.97. The van der Waals surface area contributed by atoms with Gasteiger partial charge in [-0.1, -0.05) is 29.8 Å². The van der Waals surface area contributed by atoms with E-state index in [2.05, 4.69) is 36.5 Å². The van der Waals surface area contributed by atoms with E-state index in [-0.39, 0.29) is 11.9 Å². The predicted molar refractivity (Wildman–Crippen MR) is 87.8 cm³/mol. The minimum atomic E-state index is -0.0478. The molecule has 1 atom stereocenters. The second kappa shape index (κ2) is 6.44. The third-order valence-corrected chi connectivity index (χ3v) is 3.57. The summed E-state index contributed by atoms with van der Waals surface area (Å²) in [6.07, 6.45) is 0. The molecule has 0 aliphatic carbocycles. The minimum Gasteiger partial charge on any atom is -0.378 e. The molecule has 0 fully saturated rings. The Balaban J connectivity index is 2.05. The molecule has 0 bridgehead atoms. The Hall–Kier alpha value is -2.29. The number of amides is 1. The van der Waals surface area contributed by atoms with Crippen molar-refractivity contribution in [3.63, 3.8) is 0 Å². The van der Waals surface area contributed by atoms with Gasteiger partial charge in [0.1, 0.15) is 0 Å². The molecule has 0 aliphatic rings. The summed E-state index contributed by atoms with van der Waals surface area (Å²) in [7, 11) is 3.96. The average Bonchev–Trinajstić information content (AvgIpc) is 2.47. The van der Waals surface area contributed by atoms with E-state index in [0.29, 0.717) is 5.56 Å². The number of anilines is 1. The van der Waals surface area contributed by atoms with E-state index >= 15 is 0 Å². The summed E-state index contributed by atoms with van der Waals surface area (Å²) in [6.45, 7) is 4.05. The summed E-state index contributed by atoms with van der Waals surface area (Å²) in [5.41, 5.74) is 4.09. The average molecular weight is 282 g/mol. The Morgan fingerprint density at radius 3 is 2.10 bits per heavy atom. The van der Waals surface area contributed by atoms with Crippen LogP contribution < -0.4 is 10.2 Å². The summed E-state index contributed by atoms with van der Waals surface area (Å²) >= 11 is 0. The molecule has 3 heteroatoms. The van der Waals surface area contributed by atoms with E-state index in [1.807, 2.05) is 50.2 Å². The van der Waals surface area contributed by atoms with Crippen LogP contribution in [0.3, 0.4) is 0 Å². The molecule has 2 aromatic carbocycles. The zero-order valence-electron chi connectivity index (χ0n) is 13.1. The normalized spacial score (nSPS) is 11.8. The number of benzene rings is 2. The van der Waals surface area contributed by atoms with Crippen molar-refractivity contribution in [1.29, 1.82) is 0 Å². The number of nitrogens with one attached hydrogen (secondary N) is 1. The summed E-state index contributed by atoms with van der Waals surface area (Å²) in [4.78, 5) is 14.3. The Labute approximate surface area is 126 Å². The standard InChI is InChI=1S/C18H22N2O/c1-13-5-7-15(8-6-13)14(2)19-18(21)16-9-11-17(12-10-16)20(3)4/h5-12,14H,1-4H3,(H,19,21). The molecule has 0 radical (unpaired) electrons. The van der Waals surface area contributed by atoms with Gasteiger partial charge in [0, 0.05) is 25.3 Å². The van der Waals surface area contributed by atoms with Gasteiger partial charge in [-0.15, -0.1) is 0 Å². The van der Waals surface area contributed by atoms with Gasteiger partial charge in [-0.2, -0.15) is 0 Å². The molecule has 0 aliphatic heterocycles. The number of hydrogen-bond acceptors (Lipinski definition) is 2. The molecule has 1 amide bonds. The molecule has 0 aromatic heterocycles. The van der Waals surface area contributed by atoms with Gasteiger partial charge in [0.25, 0.3) is 5.91 Å². The van der Waals surface area contributed by atoms with Crippen molar-refractivity contribution in [2.24, 2.45) is 0 Å². The van der Waals surface area contributed by atoms with Crippen LogP contribution in [-0.2, 0) is 0 Å². The molecule has 110 valence electrons. The van der Waals surface area contributed by atoms with E-state index in [0.717, 1.165) is 11.3 Å². The van der Waals surface area contributed by atoms with E-state index < -0.39 is 0 Å². The van der Waals surface area contributed by atoms with Crippen LogP contribution in [0.25, 0.3) is 0 Å². The number of hydrogen-bond donors (Lipinski definition) is 1. The number of carbonyl (C=O) groups excluding carboxylic acids is 1. The van der Waals surface area contributed by atoms with Gasteiger partial charge in [0.15, 0.2) is 0 Å². The van der Waals surface area contributed by atoms with Crippen molar-refractivity contribution in [2.75, 3.05) is 19.0 Å². The lowest BCUT2D eigenvalue weighted by atomic mass is 10.1. The zero-order chi connectivity index (χ0) is 15.4. The molecular formula is C18H22N2O. The van der Waals surface area contributed by atoms with Gasteiger partial charge in [0.05, 0.1) is 6.04 Å². The van der Waals surface area contributed by atoms with Crippen LogP contribution in [0.1, 0.15) is 34.5 Å². The topological polar surface area (TPSA) is 32.3 Å². The highest BCUT2D eigenvalue weighted by molar-refractivity contribution is 5.94. The molecule has 0 saturated heterocycles. The number of rotatable bonds is 4. The molecule has 1 N–H and O–H groups in total. The van der Waals surface area contributed by atoms with Gasteiger partial charge >= 0.3 is 0 Å². The lowest BCUT2D eigenvalue weighted by molar-refractivity contribution is 0.0940. The van der Waals surface area contributed by atoms with E-state index in [4.69, 9.17) is 0 Å². The van der Waals surface area contributed by atoms with Gasteiger partial charge in [-0.25, -0.2) is 0 Å². The van der Waals surface area contributed by atoms with Crippen molar-refractivity contribution in [3.05, 3.63) is 65.2 Å². The number of nitrogens with zero attached hydrogens (tertiary/aromatic N) is 1. The van der Waals surface area contributed by atoms with Crippen LogP contribution in [-0.4, -0.2) is 20.0 Å². The highest BCUT2D eigenvalue weighted by atomic mass is 16.1. The van der Waals surface area contributed by atoms with Gasteiger partial charge in [0.2, 0.25) is 0 Å². The minimum absolute atomic E-state index is 0.00775. The fourth-order valence-electron chi connectivity index (χ4n) is 2.13. The SMILES string of the molecule is Cc1ccc(C(C)NC(=O)c2ccc(N(C)C)cc2)cc1. The molecule has 1 unspecified atom stereocenters. The van der Waals surface area contributed by atoms with E-state index in [1.54, 1.807) is 0 Å². The van der Waals surface area contributed by atoms with Crippen molar-refractivity contribution in [3.8, 4) is 0 Å². The van der Waals surface area contributed by atoms with Gasteiger partial charge in [-0.05, 0) is 43.7 Å². The maximum atomic E-state index is 12.3. The molecule has 3 nitrogen and oxygen atoms in total. The van der Waals surface area contributed by atoms with Crippen LogP contribution in [0.15, 0.2) is 48.5 Å². The Kier molecular flexibility index (Phi) is 4.63. The summed E-state index contributed by atoms with van der Waals surface area (Å²) in [6, 6.07) is 15.8. The van der Waals surface area contributed by atoms with Crippen molar-refractivity contribution < 1.29 is 4.79 Å². The Morgan fingerprint density at radius 1 is 1.00 bits per heavy atom. The number of carbonyl (C=O) groups is 1. The van der Waals surface area contributed by atoms with Crippen LogP contribution >= 0.6 is 0 Å². The largest absolute Gasteiger partial charge is 0.378 e. The van der Waals surface area contributed by atoms with Crippen molar-refractivity contribution in [1.82, 2.24) is 5.32 Å². The Morgan fingerprint density at radius 2 is 1.57 bits per heavy atom. The first kappa shape index (κ1) is 15.1. The molecule has 2 aromatic rings. The first-order valence-electron chi connectivity index (χ1n) is 7.12. The summed E-state index contributed by atoms with van der Waals surface area (Å²) in [5.74, 6) is -0.0478. The molecule has 0 saturated carbocycles. The van der Waals surface area contributed by atoms with Crippen LogP contribution in [0, 0.1) is 6.92 Å². The highest BCUT2D eigenvalue weighted by Gasteiger charge is 2.11. The number of aryl methyl sites for hydroxylation is 1. The molecule has 2 rings (SSSR count). The van der Waals surface area contributed by atoms with Crippen LogP contribution in [0.5, 0.6) is 0 Å². The monoisotopic (exact) mass is 282 g/mol. The van der Waals surface area contributed by atoms with Gasteiger partial charge < -0.3 is 10.2 Å². The second-order valence-electron chi connectivity index (χ2n) is 5.55. The molecular weight excluding hydrogens is 260 g/mol. The predicted octanol–water partition coefficient (Wildman–Crippen LogP) is 3.55. The van der Waals surface area contributed by atoms with Crippen molar-refractivity contribution >= 4 is 11.6 Å². The maximum Gasteiger partial charge on any atom is 0.251 e. The first-order valence-corrected chi connectivity index (χ1v) is 7.12. The lowest BCUT2D eigenvalue weighted by Crippen LogP contribution is -2.26. The second-order valence-corrected chi connectivity index (χ2v) is 5.55.